The number of piperazine rings is 1. The molecule has 38 heavy (non-hydrogen) atoms. The number of hydrogen-bond donors (Lipinski definition) is 1. The number of rotatable bonds is 6. The van der Waals surface area contributed by atoms with E-state index in [2.05, 4.69) is 29.0 Å². The van der Waals surface area contributed by atoms with Crippen LogP contribution < -0.4 is 14.9 Å². The zero-order chi connectivity index (χ0) is 27.0. The van der Waals surface area contributed by atoms with Crippen LogP contribution in [0, 0.1) is 11.0 Å². The lowest BCUT2D eigenvalue weighted by Crippen LogP contribution is -2.62. The summed E-state index contributed by atoms with van der Waals surface area (Å²) in [5.74, 6) is -0.270. The Kier molecular flexibility index (Phi) is 7.73. The summed E-state index contributed by atoms with van der Waals surface area (Å²) in [7, 11) is 0. The Hall–Kier alpha value is -2.59. The molecule has 5 rings (SSSR count). The van der Waals surface area contributed by atoms with E-state index in [1.165, 1.54) is 12.1 Å². The summed E-state index contributed by atoms with van der Waals surface area (Å²) in [6, 6.07) is 9.16. The third kappa shape index (κ3) is 5.71. The molecule has 2 aromatic rings. The molecule has 2 fully saturated rings. The Morgan fingerprint density at radius 1 is 1.21 bits per heavy atom. The lowest BCUT2D eigenvalue weighted by atomic mass is 9.91. The summed E-state index contributed by atoms with van der Waals surface area (Å²) < 4.78 is 19.9. The Morgan fingerprint density at radius 2 is 1.97 bits per heavy atom. The fraction of sp³-hybridized carbons (Fsp3) is 0.586. The zero-order valence-corrected chi connectivity index (χ0v) is 23.0. The first kappa shape index (κ1) is 27.0. The predicted octanol–water partition coefficient (Wildman–Crippen LogP) is 2.06. The molecule has 206 valence electrons. The van der Waals surface area contributed by atoms with Gasteiger partial charge < -0.3 is 20.2 Å². The van der Waals surface area contributed by atoms with E-state index >= 15 is 0 Å². The Morgan fingerprint density at radius 3 is 2.71 bits per heavy atom. The normalized spacial score (nSPS) is 25.9. The molecule has 1 aromatic heterocycles. The number of benzene rings is 1. The number of fused-ring (bicyclic) bond motifs is 1. The number of pyridine rings is 1. The van der Waals surface area contributed by atoms with Crippen molar-refractivity contribution in [2.45, 2.75) is 57.7 Å². The van der Waals surface area contributed by atoms with Gasteiger partial charge in [0.1, 0.15) is 11.5 Å². The van der Waals surface area contributed by atoms with Crippen molar-refractivity contribution >= 4 is 11.6 Å². The fourth-order valence-corrected chi connectivity index (χ4v) is 6.14. The SMILES string of the molecule is CC1CN(CC(=O)N2CC(C)(C)c3c2cc(Cc2ccc(F)cc2)c[n+]3[O-])[C@@H](CN2CCOC[C@H]2C)CN1. The van der Waals surface area contributed by atoms with E-state index in [-0.39, 0.29) is 17.8 Å². The lowest BCUT2D eigenvalue weighted by Gasteiger charge is -2.43. The Labute approximate surface area is 224 Å². The average Bonchev–Trinajstić information content (AvgIpc) is 3.14. The molecule has 0 radical (unpaired) electrons. The van der Waals surface area contributed by atoms with Gasteiger partial charge in [-0.05, 0) is 51.5 Å². The van der Waals surface area contributed by atoms with E-state index in [9.17, 15) is 14.4 Å². The number of morpholine rings is 1. The topological polar surface area (TPSA) is 75.0 Å². The third-order valence-corrected chi connectivity index (χ3v) is 8.19. The van der Waals surface area contributed by atoms with Crippen molar-refractivity contribution < 1.29 is 18.7 Å². The predicted molar refractivity (Wildman–Crippen MR) is 145 cm³/mol. The van der Waals surface area contributed by atoms with Gasteiger partial charge in [-0.15, -0.1) is 0 Å². The van der Waals surface area contributed by atoms with Crippen LogP contribution in [0.25, 0.3) is 0 Å². The van der Waals surface area contributed by atoms with E-state index in [0.29, 0.717) is 43.0 Å². The van der Waals surface area contributed by atoms with E-state index in [0.717, 1.165) is 55.3 Å². The fourth-order valence-electron chi connectivity index (χ4n) is 6.14. The summed E-state index contributed by atoms with van der Waals surface area (Å²) in [5, 5.41) is 16.8. The number of anilines is 1. The van der Waals surface area contributed by atoms with Crippen molar-refractivity contribution in [2.24, 2.45) is 0 Å². The standard InChI is InChI=1S/C29H40FN5O3/c1-20-14-33(25(13-31-20)16-32-9-10-38-18-21(32)2)17-27(36)34-19-29(3,4)28-26(34)12-23(15-35(28)37)11-22-5-7-24(30)8-6-22/h5-8,12,15,20-21,25,31H,9-11,13-14,16-19H2,1-4H3/t20?,21-,25-/m1/s1. The van der Waals surface area contributed by atoms with Crippen LogP contribution in [0.2, 0.25) is 0 Å². The number of carbonyl (C=O) groups is 1. The molecule has 4 heterocycles. The zero-order valence-electron chi connectivity index (χ0n) is 23.0. The highest BCUT2D eigenvalue weighted by atomic mass is 19.1. The van der Waals surface area contributed by atoms with Crippen LogP contribution in [0.4, 0.5) is 10.1 Å². The first-order valence-corrected chi connectivity index (χ1v) is 13.7. The second kappa shape index (κ2) is 10.9. The molecule has 3 atom stereocenters. The number of aromatic nitrogens is 1. The van der Waals surface area contributed by atoms with Crippen LogP contribution in [0.15, 0.2) is 36.5 Å². The summed E-state index contributed by atoms with van der Waals surface area (Å²) in [6.07, 6.45) is 2.09. The van der Waals surface area contributed by atoms with E-state index in [4.69, 9.17) is 4.74 Å². The number of nitrogens with one attached hydrogen (secondary N) is 1. The third-order valence-electron chi connectivity index (χ3n) is 8.19. The average molecular weight is 526 g/mol. The smallest absolute Gasteiger partial charge is 0.241 e. The van der Waals surface area contributed by atoms with Crippen LogP contribution in [-0.4, -0.2) is 86.3 Å². The van der Waals surface area contributed by atoms with Crippen molar-refractivity contribution in [1.29, 1.82) is 0 Å². The molecular formula is C29H40FN5O3. The molecule has 1 N–H and O–H groups in total. The number of carbonyl (C=O) groups excluding carboxylic acids is 1. The minimum Gasteiger partial charge on any atom is -0.618 e. The Balaban J connectivity index is 1.36. The summed E-state index contributed by atoms with van der Waals surface area (Å²) >= 11 is 0. The molecule has 3 aliphatic heterocycles. The van der Waals surface area contributed by atoms with Gasteiger partial charge in [-0.3, -0.25) is 14.6 Å². The monoisotopic (exact) mass is 525 g/mol. The molecule has 1 aromatic carbocycles. The molecule has 2 saturated heterocycles. The largest absolute Gasteiger partial charge is 0.618 e. The molecule has 0 bridgehead atoms. The van der Waals surface area contributed by atoms with Crippen molar-refractivity contribution in [3.63, 3.8) is 0 Å². The second-order valence-electron chi connectivity index (χ2n) is 11.9. The summed E-state index contributed by atoms with van der Waals surface area (Å²) in [4.78, 5) is 20.4. The first-order chi connectivity index (χ1) is 18.1. The number of halogens is 1. The molecule has 0 saturated carbocycles. The maximum absolute atomic E-state index is 13.9. The van der Waals surface area contributed by atoms with Gasteiger partial charge in [0.25, 0.3) is 0 Å². The van der Waals surface area contributed by atoms with Gasteiger partial charge >= 0.3 is 0 Å². The van der Waals surface area contributed by atoms with Crippen LogP contribution in [0.1, 0.15) is 44.5 Å². The molecule has 8 nitrogen and oxygen atoms in total. The highest BCUT2D eigenvalue weighted by Gasteiger charge is 2.45. The Bertz CT molecular complexity index is 1160. The van der Waals surface area contributed by atoms with Gasteiger partial charge in [-0.1, -0.05) is 12.1 Å². The van der Waals surface area contributed by atoms with Crippen LogP contribution in [0.3, 0.4) is 0 Å². The molecule has 0 aliphatic carbocycles. The van der Waals surface area contributed by atoms with Crippen molar-refractivity contribution in [1.82, 2.24) is 15.1 Å². The molecule has 0 spiro atoms. The van der Waals surface area contributed by atoms with Gasteiger partial charge in [0.15, 0.2) is 6.20 Å². The highest BCUT2D eigenvalue weighted by Crippen LogP contribution is 2.39. The van der Waals surface area contributed by atoms with Crippen molar-refractivity contribution in [3.8, 4) is 0 Å². The lowest BCUT2D eigenvalue weighted by molar-refractivity contribution is -0.616. The van der Waals surface area contributed by atoms with Crippen molar-refractivity contribution in [2.75, 3.05) is 57.4 Å². The maximum Gasteiger partial charge on any atom is 0.241 e. The first-order valence-electron chi connectivity index (χ1n) is 13.7. The van der Waals surface area contributed by atoms with E-state index in [1.54, 1.807) is 23.2 Å². The number of ether oxygens (including phenoxy) is 1. The molecule has 3 aliphatic rings. The molecule has 1 amide bonds. The van der Waals surface area contributed by atoms with E-state index < -0.39 is 5.41 Å². The summed E-state index contributed by atoms with van der Waals surface area (Å²) in [5.41, 5.74) is 2.57. The van der Waals surface area contributed by atoms with Gasteiger partial charge in [0, 0.05) is 62.8 Å². The number of nitrogens with zero attached hydrogens (tertiary/aromatic N) is 4. The van der Waals surface area contributed by atoms with Crippen molar-refractivity contribution in [3.05, 3.63) is 64.4 Å². The number of amides is 1. The highest BCUT2D eigenvalue weighted by molar-refractivity contribution is 5.97. The summed E-state index contributed by atoms with van der Waals surface area (Å²) in [6.45, 7) is 14.1. The van der Waals surface area contributed by atoms with Gasteiger partial charge in [-0.25, -0.2) is 4.39 Å². The minimum atomic E-state index is -0.458. The van der Waals surface area contributed by atoms with Crippen LogP contribution in [0.5, 0.6) is 0 Å². The van der Waals surface area contributed by atoms with Crippen LogP contribution >= 0.6 is 0 Å². The second-order valence-corrected chi connectivity index (χ2v) is 11.9. The van der Waals surface area contributed by atoms with Gasteiger partial charge in [-0.2, -0.15) is 4.73 Å². The maximum atomic E-state index is 13.9. The van der Waals surface area contributed by atoms with Gasteiger partial charge in [0.05, 0.1) is 25.2 Å². The quantitative estimate of drug-likeness (QED) is 0.460. The van der Waals surface area contributed by atoms with E-state index in [1.807, 2.05) is 19.9 Å². The van der Waals surface area contributed by atoms with Crippen LogP contribution in [-0.2, 0) is 21.4 Å². The molecule has 1 unspecified atom stereocenters. The number of hydrogen-bond acceptors (Lipinski definition) is 6. The molecular weight excluding hydrogens is 485 g/mol. The molecule has 9 heteroatoms. The minimum absolute atomic E-state index is 0.0184. The van der Waals surface area contributed by atoms with Gasteiger partial charge in [0.2, 0.25) is 11.6 Å².